The minimum Gasteiger partial charge on any atom is -0.362 e. The van der Waals surface area contributed by atoms with E-state index >= 15 is 0 Å². The lowest BCUT2D eigenvalue weighted by molar-refractivity contribution is -0.175. The third-order valence-electron chi connectivity index (χ3n) is 3.20. The van der Waals surface area contributed by atoms with Gasteiger partial charge in [-0.3, -0.25) is 19.3 Å². The van der Waals surface area contributed by atoms with Gasteiger partial charge < -0.3 is 10.1 Å². The second-order valence-electron chi connectivity index (χ2n) is 5.34. The van der Waals surface area contributed by atoms with Crippen LogP contribution in [-0.4, -0.2) is 54.4 Å². The standard InChI is InChI=1S/C16H14F4N2O4S/c17-11-3-1-10(2-4-11)7-12-14(24)22(15(25)27-12)6-5-21-13(23)8-26-9-16(18,19)20/h1-4,7H,5-6,8-9H2,(H,21,23)/b12-7-. The molecule has 0 atom stereocenters. The Kier molecular flexibility index (Phi) is 6.97. The second kappa shape index (κ2) is 9.00. The number of nitrogens with one attached hydrogen (secondary N) is 1. The number of thioether (sulfide) groups is 1. The summed E-state index contributed by atoms with van der Waals surface area (Å²) in [5.41, 5.74) is 0.539. The van der Waals surface area contributed by atoms with E-state index in [0.29, 0.717) is 17.3 Å². The quantitative estimate of drug-likeness (QED) is 0.557. The van der Waals surface area contributed by atoms with E-state index in [1.54, 1.807) is 0 Å². The molecule has 27 heavy (non-hydrogen) atoms. The molecule has 0 unspecified atom stereocenters. The van der Waals surface area contributed by atoms with Crippen LogP contribution in [0.2, 0.25) is 0 Å². The summed E-state index contributed by atoms with van der Waals surface area (Å²) >= 11 is 0.699. The zero-order valence-electron chi connectivity index (χ0n) is 13.7. The number of carbonyl (C=O) groups is 3. The summed E-state index contributed by atoms with van der Waals surface area (Å²) in [7, 11) is 0. The first-order chi connectivity index (χ1) is 12.7. The molecule has 0 aliphatic carbocycles. The van der Waals surface area contributed by atoms with Crippen LogP contribution in [0.5, 0.6) is 0 Å². The van der Waals surface area contributed by atoms with Crippen LogP contribution in [0.1, 0.15) is 5.56 Å². The van der Waals surface area contributed by atoms with Gasteiger partial charge in [0, 0.05) is 13.1 Å². The maximum Gasteiger partial charge on any atom is 0.411 e. The zero-order chi connectivity index (χ0) is 20.0. The largest absolute Gasteiger partial charge is 0.411 e. The van der Waals surface area contributed by atoms with Gasteiger partial charge >= 0.3 is 6.18 Å². The van der Waals surface area contributed by atoms with Gasteiger partial charge in [0.2, 0.25) is 5.91 Å². The first kappa shape index (κ1) is 20.9. The maximum atomic E-state index is 12.9. The van der Waals surface area contributed by atoms with Gasteiger partial charge in [-0.25, -0.2) is 4.39 Å². The molecule has 6 nitrogen and oxygen atoms in total. The van der Waals surface area contributed by atoms with E-state index in [2.05, 4.69) is 10.1 Å². The Morgan fingerprint density at radius 2 is 1.89 bits per heavy atom. The van der Waals surface area contributed by atoms with Gasteiger partial charge in [0.05, 0.1) is 4.91 Å². The van der Waals surface area contributed by atoms with Crippen LogP contribution in [0.15, 0.2) is 29.2 Å². The monoisotopic (exact) mass is 406 g/mol. The summed E-state index contributed by atoms with van der Waals surface area (Å²) in [5, 5.41) is 1.71. The van der Waals surface area contributed by atoms with Crippen molar-refractivity contribution in [3.05, 3.63) is 40.6 Å². The summed E-state index contributed by atoms with van der Waals surface area (Å²) in [5.74, 6) is -1.81. The normalized spacial score (nSPS) is 16.3. The van der Waals surface area contributed by atoms with E-state index in [4.69, 9.17) is 0 Å². The van der Waals surface area contributed by atoms with E-state index in [1.807, 2.05) is 0 Å². The highest BCUT2D eigenvalue weighted by Gasteiger charge is 2.34. The lowest BCUT2D eigenvalue weighted by Crippen LogP contribution is -2.38. The maximum absolute atomic E-state index is 12.9. The van der Waals surface area contributed by atoms with Crippen LogP contribution in [0, 0.1) is 5.82 Å². The molecule has 1 aromatic carbocycles. The summed E-state index contributed by atoms with van der Waals surface area (Å²) in [4.78, 5) is 36.5. The van der Waals surface area contributed by atoms with E-state index in [-0.39, 0.29) is 18.0 Å². The molecule has 1 aliphatic rings. The van der Waals surface area contributed by atoms with Crippen LogP contribution >= 0.6 is 11.8 Å². The molecule has 146 valence electrons. The fourth-order valence-electron chi connectivity index (χ4n) is 2.02. The van der Waals surface area contributed by atoms with E-state index in [0.717, 1.165) is 4.90 Å². The lowest BCUT2D eigenvalue weighted by atomic mass is 10.2. The molecule has 11 heteroatoms. The van der Waals surface area contributed by atoms with Gasteiger partial charge in [0.25, 0.3) is 11.1 Å². The Balaban J connectivity index is 1.81. The molecule has 1 N–H and O–H groups in total. The average Bonchev–Trinajstić information content (AvgIpc) is 2.83. The number of amides is 3. The number of carbonyl (C=O) groups excluding carboxylic acids is 3. The fourth-order valence-corrected chi connectivity index (χ4v) is 2.89. The number of hydrogen-bond donors (Lipinski definition) is 1. The number of alkyl halides is 3. The van der Waals surface area contributed by atoms with E-state index < -0.39 is 42.3 Å². The molecule has 0 spiro atoms. The summed E-state index contributed by atoms with van der Waals surface area (Å²) in [6, 6.07) is 5.33. The topological polar surface area (TPSA) is 75.7 Å². The highest BCUT2D eigenvalue weighted by atomic mass is 32.2. The molecule has 3 amide bonds. The van der Waals surface area contributed by atoms with Crippen LogP contribution in [0.25, 0.3) is 6.08 Å². The highest BCUT2D eigenvalue weighted by molar-refractivity contribution is 8.18. The Bertz CT molecular complexity index is 750. The molecule has 0 radical (unpaired) electrons. The van der Waals surface area contributed by atoms with Crippen LogP contribution in [0.3, 0.4) is 0 Å². The lowest BCUT2D eigenvalue weighted by Gasteiger charge is -2.13. The van der Waals surface area contributed by atoms with Crippen molar-refractivity contribution < 1.29 is 36.7 Å². The van der Waals surface area contributed by atoms with Crippen LogP contribution in [-0.2, 0) is 14.3 Å². The number of nitrogens with zero attached hydrogens (tertiary/aromatic N) is 1. The van der Waals surface area contributed by atoms with Gasteiger partial charge in [0.15, 0.2) is 0 Å². The van der Waals surface area contributed by atoms with Crippen molar-refractivity contribution in [3.8, 4) is 0 Å². The van der Waals surface area contributed by atoms with Gasteiger partial charge in [-0.05, 0) is 35.5 Å². The smallest absolute Gasteiger partial charge is 0.362 e. The Morgan fingerprint density at radius 3 is 2.52 bits per heavy atom. The van der Waals surface area contributed by atoms with Gasteiger partial charge in [0.1, 0.15) is 19.0 Å². The van der Waals surface area contributed by atoms with Crippen molar-refractivity contribution in [1.82, 2.24) is 10.2 Å². The number of hydrogen-bond acceptors (Lipinski definition) is 5. The highest BCUT2D eigenvalue weighted by Crippen LogP contribution is 2.31. The number of imide groups is 1. The minimum atomic E-state index is -4.53. The van der Waals surface area contributed by atoms with Crippen molar-refractivity contribution >= 4 is 34.9 Å². The molecule has 0 saturated carbocycles. The second-order valence-corrected chi connectivity index (χ2v) is 6.34. The molecule has 2 rings (SSSR count). The van der Waals surface area contributed by atoms with E-state index in [1.165, 1.54) is 30.3 Å². The average molecular weight is 406 g/mol. The molecular weight excluding hydrogens is 392 g/mol. The first-order valence-corrected chi connectivity index (χ1v) is 8.39. The van der Waals surface area contributed by atoms with Crippen molar-refractivity contribution in [2.45, 2.75) is 6.18 Å². The van der Waals surface area contributed by atoms with Crippen LogP contribution in [0.4, 0.5) is 22.4 Å². The third-order valence-corrected chi connectivity index (χ3v) is 4.11. The van der Waals surface area contributed by atoms with Crippen molar-refractivity contribution in [2.75, 3.05) is 26.3 Å². The molecule has 1 aromatic rings. The molecule has 1 aliphatic heterocycles. The van der Waals surface area contributed by atoms with Crippen molar-refractivity contribution in [2.24, 2.45) is 0 Å². The van der Waals surface area contributed by atoms with Crippen molar-refractivity contribution in [1.29, 1.82) is 0 Å². The Morgan fingerprint density at radius 1 is 1.22 bits per heavy atom. The van der Waals surface area contributed by atoms with E-state index in [9.17, 15) is 31.9 Å². The third kappa shape index (κ3) is 6.68. The SMILES string of the molecule is O=C(COCC(F)(F)F)NCCN1C(=O)S/C(=C\c2ccc(F)cc2)C1=O. The number of rotatable bonds is 7. The molecule has 1 heterocycles. The Hall–Kier alpha value is -2.40. The number of ether oxygens (including phenoxy) is 1. The fraction of sp³-hybridized carbons (Fsp3) is 0.312. The number of benzene rings is 1. The van der Waals surface area contributed by atoms with Crippen LogP contribution < -0.4 is 5.32 Å². The predicted octanol–water partition coefficient (Wildman–Crippen LogP) is 2.56. The van der Waals surface area contributed by atoms with Gasteiger partial charge in [-0.2, -0.15) is 13.2 Å². The molecule has 0 aromatic heterocycles. The van der Waals surface area contributed by atoms with Gasteiger partial charge in [-0.15, -0.1) is 0 Å². The molecular formula is C16H14F4N2O4S. The minimum absolute atomic E-state index is 0.129. The zero-order valence-corrected chi connectivity index (χ0v) is 14.5. The summed E-state index contributed by atoms with van der Waals surface area (Å²) in [6.07, 6.45) is -3.09. The molecule has 0 bridgehead atoms. The van der Waals surface area contributed by atoms with Gasteiger partial charge in [-0.1, -0.05) is 12.1 Å². The van der Waals surface area contributed by atoms with Crippen molar-refractivity contribution in [3.63, 3.8) is 0 Å². The summed E-state index contributed by atoms with van der Waals surface area (Å²) in [6.45, 7) is -2.60. The number of halogens is 4. The molecule has 1 fully saturated rings. The Labute approximate surface area is 155 Å². The molecule has 1 saturated heterocycles. The predicted molar refractivity (Wildman–Crippen MR) is 89.0 cm³/mol. The first-order valence-electron chi connectivity index (χ1n) is 7.58. The summed E-state index contributed by atoms with van der Waals surface area (Å²) < 4.78 is 52.8.